The summed E-state index contributed by atoms with van der Waals surface area (Å²) in [5.41, 5.74) is 0.318. The molecule has 5 heteroatoms. The van der Waals surface area contributed by atoms with Gasteiger partial charge in [-0.25, -0.2) is 9.78 Å². The second-order valence-corrected chi connectivity index (χ2v) is 2.48. The predicted molar refractivity (Wildman–Crippen MR) is 45.4 cm³/mol. The van der Waals surface area contributed by atoms with Crippen LogP contribution in [0.2, 0.25) is 0 Å². The van der Waals surface area contributed by atoms with Gasteiger partial charge in [0.2, 0.25) is 0 Å². The van der Waals surface area contributed by atoms with Crippen molar-refractivity contribution in [3.8, 4) is 0 Å². The summed E-state index contributed by atoms with van der Waals surface area (Å²) in [4.78, 5) is 14.8. The van der Waals surface area contributed by atoms with E-state index in [1.54, 1.807) is 24.2 Å². The number of methoxy groups -OCH3 is 2. The third kappa shape index (κ3) is 2.55. The maximum Gasteiger partial charge on any atom is 0.358 e. The van der Waals surface area contributed by atoms with Crippen molar-refractivity contribution in [3.05, 3.63) is 18.2 Å². The predicted octanol–water partition coefficient (Wildman–Crippen LogP) is 0.316. The number of hydrogen-bond acceptors (Lipinski definition) is 4. The Morgan fingerprint density at radius 2 is 2.38 bits per heavy atom. The molecule has 0 aliphatic carbocycles. The lowest BCUT2D eigenvalue weighted by atomic mass is 10.5. The Hall–Kier alpha value is -1.36. The topological polar surface area (TPSA) is 53.4 Å². The minimum atomic E-state index is -0.420. The highest BCUT2D eigenvalue weighted by molar-refractivity contribution is 5.86. The van der Waals surface area contributed by atoms with Crippen molar-refractivity contribution >= 4 is 5.97 Å². The molecular formula is C8H12N2O3. The molecular weight excluding hydrogens is 172 g/mol. The van der Waals surface area contributed by atoms with Crippen LogP contribution >= 0.6 is 0 Å². The van der Waals surface area contributed by atoms with Crippen molar-refractivity contribution in [1.29, 1.82) is 0 Å². The van der Waals surface area contributed by atoms with E-state index in [1.165, 1.54) is 7.11 Å². The van der Waals surface area contributed by atoms with E-state index in [-0.39, 0.29) is 0 Å². The van der Waals surface area contributed by atoms with E-state index < -0.39 is 5.97 Å². The van der Waals surface area contributed by atoms with Crippen LogP contribution in [-0.4, -0.2) is 36.3 Å². The molecule has 0 aliphatic heterocycles. The minimum absolute atomic E-state index is 0.318. The molecule has 0 bridgehead atoms. The Morgan fingerprint density at radius 1 is 1.62 bits per heavy atom. The molecule has 72 valence electrons. The average molecular weight is 184 g/mol. The molecule has 1 aromatic rings. The maximum absolute atomic E-state index is 11.0. The molecule has 0 saturated heterocycles. The molecule has 0 atom stereocenters. The monoisotopic (exact) mass is 184 g/mol. The number of esters is 1. The van der Waals surface area contributed by atoms with Crippen LogP contribution in [0.4, 0.5) is 0 Å². The van der Waals surface area contributed by atoms with Crippen LogP contribution in [0.25, 0.3) is 0 Å². The van der Waals surface area contributed by atoms with Crippen LogP contribution < -0.4 is 0 Å². The van der Waals surface area contributed by atoms with Crippen LogP contribution in [0.1, 0.15) is 10.5 Å². The summed E-state index contributed by atoms with van der Waals surface area (Å²) < 4.78 is 11.2. The lowest BCUT2D eigenvalue weighted by molar-refractivity contribution is 0.0594. The van der Waals surface area contributed by atoms with Gasteiger partial charge in [0, 0.05) is 19.9 Å². The number of rotatable bonds is 4. The zero-order valence-corrected chi connectivity index (χ0v) is 7.69. The van der Waals surface area contributed by atoms with Gasteiger partial charge < -0.3 is 14.0 Å². The number of imidazole rings is 1. The summed E-state index contributed by atoms with van der Waals surface area (Å²) in [6.07, 6.45) is 3.20. The highest BCUT2D eigenvalue weighted by Crippen LogP contribution is 1.97. The molecule has 0 unspecified atom stereocenters. The van der Waals surface area contributed by atoms with Gasteiger partial charge in [-0.15, -0.1) is 0 Å². The molecule has 13 heavy (non-hydrogen) atoms. The summed E-state index contributed by atoms with van der Waals surface area (Å²) in [6.45, 7) is 1.28. The number of ether oxygens (including phenoxy) is 2. The summed E-state index contributed by atoms with van der Waals surface area (Å²) in [5, 5.41) is 0. The normalized spacial score (nSPS) is 10.0. The van der Waals surface area contributed by atoms with Crippen molar-refractivity contribution in [2.45, 2.75) is 6.54 Å². The first-order valence-corrected chi connectivity index (χ1v) is 3.87. The Kier molecular flexibility index (Phi) is 3.45. The number of hydrogen-bond donors (Lipinski definition) is 0. The highest BCUT2D eigenvalue weighted by Gasteiger charge is 2.07. The van der Waals surface area contributed by atoms with Crippen molar-refractivity contribution < 1.29 is 14.3 Å². The first-order valence-electron chi connectivity index (χ1n) is 3.87. The first-order chi connectivity index (χ1) is 6.27. The molecule has 1 aromatic heterocycles. The number of aromatic nitrogens is 2. The van der Waals surface area contributed by atoms with Gasteiger partial charge in [0.1, 0.15) is 0 Å². The highest BCUT2D eigenvalue weighted by atomic mass is 16.5. The van der Waals surface area contributed by atoms with Gasteiger partial charge in [0.25, 0.3) is 0 Å². The van der Waals surface area contributed by atoms with Gasteiger partial charge in [-0.3, -0.25) is 0 Å². The summed E-state index contributed by atoms with van der Waals surface area (Å²) in [5.74, 6) is -0.420. The third-order valence-electron chi connectivity index (χ3n) is 1.58. The van der Waals surface area contributed by atoms with E-state index in [1.807, 2.05) is 0 Å². The fourth-order valence-corrected chi connectivity index (χ4v) is 0.889. The lowest BCUT2D eigenvalue weighted by Gasteiger charge is -1.98. The standard InChI is InChI=1S/C8H12N2O3/c1-12-4-3-10-5-7(9-6-10)8(11)13-2/h5-6H,3-4H2,1-2H3. The largest absolute Gasteiger partial charge is 0.464 e. The van der Waals surface area contributed by atoms with E-state index in [9.17, 15) is 4.79 Å². The van der Waals surface area contributed by atoms with Gasteiger partial charge in [-0.2, -0.15) is 0 Å². The fourth-order valence-electron chi connectivity index (χ4n) is 0.889. The molecule has 0 spiro atoms. The molecule has 1 rings (SSSR count). The Balaban J connectivity index is 2.58. The minimum Gasteiger partial charge on any atom is -0.464 e. The van der Waals surface area contributed by atoms with Crippen LogP contribution in [0.15, 0.2) is 12.5 Å². The van der Waals surface area contributed by atoms with Crippen LogP contribution in [0.5, 0.6) is 0 Å². The van der Waals surface area contributed by atoms with E-state index in [0.29, 0.717) is 18.8 Å². The molecule has 0 aliphatic rings. The lowest BCUT2D eigenvalue weighted by Crippen LogP contribution is -2.03. The smallest absolute Gasteiger partial charge is 0.358 e. The number of carbonyl (C=O) groups is 1. The van der Waals surface area contributed by atoms with Gasteiger partial charge >= 0.3 is 5.97 Å². The van der Waals surface area contributed by atoms with Crippen LogP contribution in [-0.2, 0) is 16.0 Å². The molecule has 0 aromatic carbocycles. The van der Waals surface area contributed by atoms with Crippen molar-refractivity contribution in [2.24, 2.45) is 0 Å². The summed E-state index contributed by atoms with van der Waals surface area (Å²) in [6, 6.07) is 0. The third-order valence-corrected chi connectivity index (χ3v) is 1.58. The molecule has 0 radical (unpaired) electrons. The van der Waals surface area contributed by atoms with Crippen molar-refractivity contribution in [1.82, 2.24) is 9.55 Å². The van der Waals surface area contributed by atoms with Gasteiger partial charge in [0.15, 0.2) is 5.69 Å². The van der Waals surface area contributed by atoms with E-state index in [0.717, 1.165) is 0 Å². The summed E-state index contributed by atoms with van der Waals surface area (Å²) >= 11 is 0. The molecule has 0 fully saturated rings. The fraction of sp³-hybridized carbons (Fsp3) is 0.500. The van der Waals surface area contributed by atoms with Gasteiger partial charge in [-0.1, -0.05) is 0 Å². The zero-order chi connectivity index (χ0) is 9.68. The SMILES string of the molecule is COCCn1cnc(C(=O)OC)c1. The van der Waals surface area contributed by atoms with Gasteiger partial charge in [-0.05, 0) is 0 Å². The number of carbonyl (C=O) groups excluding carboxylic acids is 1. The van der Waals surface area contributed by atoms with Crippen molar-refractivity contribution in [2.75, 3.05) is 20.8 Å². The molecule has 0 N–H and O–H groups in total. The first kappa shape index (κ1) is 9.73. The second kappa shape index (κ2) is 4.61. The van der Waals surface area contributed by atoms with Crippen LogP contribution in [0.3, 0.4) is 0 Å². The summed E-state index contributed by atoms with van der Waals surface area (Å²) in [7, 11) is 2.95. The van der Waals surface area contributed by atoms with Gasteiger partial charge in [0.05, 0.1) is 20.0 Å². The Bertz CT molecular complexity index is 283. The molecule has 5 nitrogen and oxygen atoms in total. The van der Waals surface area contributed by atoms with E-state index in [2.05, 4.69) is 9.72 Å². The van der Waals surface area contributed by atoms with E-state index >= 15 is 0 Å². The Morgan fingerprint density at radius 3 is 3.00 bits per heavy atom. The number of nitrogens with zero attached hydrogens (tertiary/aromatic N) is 2. The Labute approximate surface area is 76.3 Å². The van der Waals surface area contributed by atoms with Crippen LogP contribution in [0, 0.1) is 0 Å². The maximum atomic E-state index is 11.0. The zero-order valence-electron chi connectivity index (χ0n) is 7.69. The average Bonchev–Trinajstić information content (AvgIpc) is 2.62. The molecule has 0 amide bonds. The van der Waals surface area contributed by atoms with Crippen molar-refractivity contribution in [3.63, 3.8) is 0 Å². The molecule has 0 saturated carbocycles. The molecule has 1 heterocycles. The second-order valence-electron chi connectivity index (χ2n) is 2.48. The quantitative estimate of drug-likeness (QED) is 0.632. The van der Waals surface area contributed by atoms with E-state index in [4.69, 9.17) is 4.74 Å².